The van der Waals surface area contributed by atoms with E-state index in [9.17, 15) is 4.79 Å². The second-order valence-corrected chi connectivity index (χ2v) is 5.11. The summed E-state index contributed by atoms with van der Waals surface area (Å²) in [6.45, 7) is 0. The van der Waals surface area contributed by atoms with Gasteiger partial charge in [-0.25, -0.2) is 0 Å². The molecule has 2 heteroatoms. The zero-order chi connectivity index (χ0) is 10.7. The minimum Gasteiger partial charge on any atom is -0.301 e. The summed E-state index contributed by atoms with van der Waals surface area (Å²) in [4.78, 5) is 10.9. The average Bonchev–Trinajstić information content (AvgIpc) is 2.30. The maximum atomic E-state index is 10.9. The van der Waals surface area contributed by atoms with Crippen molar-refractivity contribution < 1.29 is 4.79 Å². The summed E-state index contributed by atoms with van der Waals surface area (Å²) in [5.74, 6) is 0. The monoisotopic (exact) mass is 262 g/mol. The van der Waals surface area contributed by atoms with Gasteiger partial charge in [0.15, 0.2) is 0 Å². The van der Waals surface area contributed by atoms with Crippen molar-refractivity contribution in [1.29, 1.82) is 0 Å². The van der Waals surface area contributed by atoms with E-state index in [-0.39, 0.29) is 0 Å². The zero-order valence-electron chi connectivity index (χ0n) is 8.19. The van der Waals surface area contributed by atoms with Gasteiger partial charge in [0.25, 0.3) is 0 Å². The third-order valence-electron chi connectivity index (χ3n) is 2.47. The molecule has 76 valence electrons. The molecule has 1 unspecified atom stereocenters. The Morgan fingerprint density at radius 1 is 1.27 bits per heavy atom. The number of carbonyl (C=O) groups is 1. The molecule has 0 fully saturated rings. The van der Waals surface area contributed by atoms with Gasteiger partial charge in [0, 0.05) is 0 Å². The molecule has 0 heterocycles. The maximum absolute atomic E-state index is 10.9. The highest BCUT2D eigenvalue weighted by Crippen LogP contribution is 2.34. The summed E-state index contributed by atoms with van der Waals surface area (Å²) < 4.78 is -0.521. The first-order chi connectivity index (χ1) is 7.23. The number of rotatable bonds is 2. The SMILES string of the molecule is O=CC1(Br)C=CC=C(c2ccccc2)C1. The summed E-state index contributed by atoms with van der Waals surface area (Å²) in [7, 11) is 0. The molecule has 1 aliphatic carbocycles. The van der Waals surface area contributed by atoms with Gasteiger partial charge in [-0.15, -0.1) is 0 Å². The minimum atomic E-state index is -0.521. The summed E-state index contributed by atoms with van der Waals surface area (Å²) in [5, 5.41) is 0. The van der Waals surface area contributed by atoms with Crippen LogP contribution in [0.3, 0.4) is 0 Å². The zero-order valence-corrected chi connectivity index (χ0v) is 9.78. The molecule has 0 radical (unpaired) electrons. The number of aldehydes is 1. The second kappa shape index (κ2) is 4.15. The Balaban J connectivity index is 2.30. The van der Waals surface area contributed by atoms with Crippen LogP contribution in [0.1, 0.15) is 12.0 Å². The van der Waals surface area contributed by atoms with E-state index in [0.29, 0.717) is 6.42 Å². The van der Waals surface area contributed by atoms with Crippen molar-refractivity contribution in [1.82, 2.24) is 0 Å². The molecular formula is C13H11BrO. The molecule has 0 saturated carbocycles. The highest BCUT2D eigenvalue weighted by Gasteiger charge is 2.26. The van der Waals surface area contributed by atoms with Crippen molar-refractivity contribution in [2.45, 2.75) is 10.7 Å². The Morgan fingerprint density at radius 3 is 2.67 bits per heavy atom. The Bertz CT molecular complexity index is 419. The molecule has 1 aromatic carbocycles. The van der Waals surface area contributed by atoms with Crippen LogP contribution in [0, 0.1) is 0 Å². The lowest BCUT2D eigenvalue weighted by Crippen LogP contribution is -2.21. The first-order valence-electron chi connectivity index (χ1n) is 4.83. The average molecular weight is 263 g/mol. The number of benzene rings is 1. The van der Waals surface area contributed by atoms with Gasteiger partial charge in [-0.1, -0.05) is 64.5 Å². The van der Waals surface area contributed by atoms with Gasteiger partial charge in [-0.2, -0.15) is 0 Å². The first-order valence-corrected chi connectivity index (χ1v) is 5.62. The molecule has 0 N–H and O–H groups in total. The fourth-order valence-electron chi connectivity index (χ4n) is 1.67. The number of carbonyl (C=O) groups excluding carboxylic acids is 1. The molecule has 15 heavy (non-hydrogen) atoms. The number of allylic oxidation sites excluding steroid dienone is 4. The summed E-state index contributed by atoms with van der Waals surface area (Å²) >= 11 is 3.44. The van der Waals surface area contributed by atoms with Crippen LogP contribution in [0.5, 0.6) is 0 Å². The Hall–Kier alpha value is -1.15. The molecule has 0 spiro atoms. The molecule has 1 aromatic rings. The van der Waals surface area contributed by atoms with Crippen molar-refractivity contribution in [3.8, 4) is 0 Å². The molecule has 2 rings (SSSR count). The van der Waals surface area contributed by atoms with Crippen LogP contribution in [0.4, 0.5) is 0 Å². The van der Waals surface area contributed by atoms with Gasteiger partial charge in [0.1, 0.15) is 10.6 Å². The fourth-order valence-corrected chi connectivity index (χ4v) is 2.12. The van der Waals surface area contributed by atoms with Crippen LogP contribution < -0.4 is 0 Å². The van der Waals surface area contributed by atoms with Gasteiger partial charge < -0.3 is 4.79 Å². The van der Waals surface area contributed by atoms with Crippen LogP contribution in [0.2, 0.25) is 0 Å². The van der Waals surface area contributed by atoms with Crippen molar-refractivity contribution >= 4 is 27.8 Å². The van der Waals surface area contributed by atoms with Crippen molar-refractivity contribution in [2.24, 2.45) is 0 Å². The number of hydrogen-bond donors (Lipinski definition) is 0. The fraction of sp³-hybridized carbons (Fsp3) is 0.154. The molecule has 0 amide bonds. The third-order valence-corrected chi connectivity index (χ3v) is 3.20. The van der Waals surface area contributed by atoms with E-state index in [1.54, 1.807) is 0 Å². The highest BCUT2D eigenvalue weighted by molar-refractivity contribution is 9.10. The van der Waals surface area contributed by atoms with E-state index in [0.717, 1.165) is 6.29 Å². The number of halogens is 1. The number of alkyl halides is 1. The summed E-state index contributed by atoms with van der Waals surface area (Å²) in [6, 6.07) is 10.1. The van der Waals surface area contributed by atoms with Crippen LogP contribution in [-0.2, 0) is 4.79 Å². The van der Waals surface area contributed by atoms with E-state index in [4.69, 9.17) is 0 Å². The van der Waals surface area contributed by atoms with Crippen molar-refractivity contribution in [3.05, 3.63) is 54.1 Å². The Kier molecular flexibility index (Phi) is 2.87. The Labute approximate surface area is 97.6 Å². The van der Waals surface area contributed by atoms with E-state index < -0.39 is 4.32 Å². The van der Waals surface area contributed by atoms with Gasteiger partial charge in [0.2, 0.25) is 0 Å². The predicted octanol–water partition coefficient (Wildman–Crippen LogP) is 3.36. The smallest absolute Gasteiger partial charge is 0.140 e. The van der Waals surface area contributed by atoms with Crippen LogP contribution in [-0.4, -0.2) is 10.6 Å². The van der Waals surface area contributed by atoms with Crippen molar-refractivity contribution in [3.63, 3.8) is 0 Å². The van der Waals surface area contributed by atoms with Crippen molar-refractivity contribution in [2.75, 3.05) is 0 Å². The van der Waals surface area contributed by atoms with Crippen LogP contribution in [0.25, 0.3) is 5.57 Å². The van der Waals surface area contributed by atoms with E-state index >= 15 is 0 Å². The molecule has 1 nitrogen and oxygen atoms in total. The molecule has 0 aliphatic heterocycles. The van der Waals surface area contributed by atoms with Gasteiger partial charge in [-0.05, 0) is 17.6 Å². The van der Waals surface area contributed by atoms with Gasteiger partial charge in [-0.3, -0.25) is 0 Å². The van der Waals surface area contributed by atoms with Gasteiger partial charge in [0.05, 0.1) is 0 Å². The molecule has 1 atom stereocenters. The molecule has 0 aromatic heterocycles. The minimum absolute atomic E-state index is 0.521. The lowest BCUT2D eigenvalue weighted by Gasteiger charge is -2.21. The maximum Gasteiger partial charge on any atom is 0.140 e. The third kappa shape index (κ3) is 2.26. The second-order valence-electron chi connectivity index (χ2n) is 3.64. The number of hydrogen-bond acceptors (Lipinski definition) is 1. The first kappa shape index (κ1) is 10.4. The quantitative estimate of drug-likeness (QED) is 0.590. The summed E-state index contributed by atoms with van der Waals surface area (Å²) in [5.41, 5.74) is 2.36. The highest BCUT2D eigenvalue weighted by atomic mass is 79.9. The van der Waals surface area contributed by atoms with E-state index in [1.807, 2.05) is 30.4 Å². The van der Waals surface area contributed by atoms with E-state index in [1.165, 1.54) is 11.1 Å². The topological polar surface area (TPSA) is 17.1 Å². The Morgan fingerprint density at radius 2 is 2.00 bits per heavy atom. The molecule has 0 saturated heterocycles. The molecule has 1 aliphatic rings. The molecular weight excluding hydrogens is 252 g/mol. The lowest BCUT2D eigenvalue weighted by molar-refractivity contribution is -0.108. The van der Waals surface area contributed by atoms with Gasteiger partial charge >= 0.3 is 0 Å². The standard InChI is InChI=1S/C13H11BrO/c14-13(10-15)8-4-7-12(9-13)11-5-2-1-3-6-11/h1-8,10H,9H2. The largest absolute Gasteiger partial charge is 0.301 e. The lowest BCUT2D eigenvalue weighted by atomic mass is 9.91. The van der Waals surface area contributed by atoms with E-state index in [2.05, 4.69) is 34.1 Å². The normalized spacial score (nSPS) is 24.7. The summed E-state index contributed by atoms with van der Waals surface area (Å²) in [6.07, 6.45) is 7.51. The van der Waals surface area contributed by atoms with Crippen LogP contribution >= 0.6 is 15.9 Å². The molecule has 0 bridgehead atoms. The predicted molar refractivity (Wildman–Crippen MR) is 65.9 cm³/mol. The van der Waals surface area contributed by atoms with Crippen LogP contribution in [0.15, 0.2) is 48.6 Å².